The van der Waals surface area contributed by atoms with Crippen LogP contribution in [0.15, 0.2) is 14.6 Å². The first-order valence-corrected chi connectivity index (χ1v) is 12.6. The Balaban J connectivity index is 1.71. The maximum atomic E-state index is 14.4. The van der Waals surface area contributed by atoms with Gasteiger partial charge in [0.25, 0.3) is 0 Å². The second-order valence-electron chi connectivity index (χ2n) is 8.25. The molecule has 5 N–H and O–H groups in total. The molecule has 2 amide bonds. The second kappa shape index (κ2) is 8.20. The van der Waals surface area contributed by atoms with Gasteiger partial charge in [0.15, 0.2) is 19.9 Å². The number of halogens is 1. The summed E-state index contributed by atoms with van der Waals surface area (Å²) in [6, 6.07) is 2.28. The molecule has 1 aromatic carbocycles. The zero-order valence-electron chi connectivity index (χ0n) is 17.4. The number of thiophene rings is 1. The minimum atomic E-state index is -3.94. The lowest BCUT2D eigenvalue weighted by Crippen LogP contribution is -2.24. The van der Waals surface area contributed by atoms with E-state index in [9.17, 15) is 28.9 Å². The van der Waals surface area contributed by atoms with Gasteiger partial charge in [0.2, 0.25) is 0 Å². The molecule has 0 bridgehead atoms. The van der Waals surface area contributed by atoms with Gasteiger partial charge in [0, 0.05) is 10.6 Å². The lowest BCUT2D eigenvalue weighted by atomic mass is 9.93. The lowest BCUT2D eigenvalue weighted by molar-refractivity contribution is 0.000654. The minimum Gasteiger partial charge on any atom is -0.393 e. The quantitative estimate of drug-likeness (QED) is 0.533. The largest absolute Gasteiger partial charge is 0.393 e. The summed E-state index contributed by atoms with van der Waals surface area (Å²) in [5, 5.41) is 37.5. The van der Waals surface area contributed by atoms with Crippen molar-refractivity contribution in [1.29, 1.82) is 5.26 Å². The molecule has 1 aromatic heterocycles. The number of carbonyl (C=O) groups excluding carboxylic acids is 1. The van der Waals surface area contributed by atoms with E-state index in [2.05, 4.69) is 15.7 Å². The number of nitrogens with one attached hydrogen (secondary N) is 1. The Morgan fingerprint density at radius 2 is 1.88 bits per heavy atom. The average Bonchev–Trinajstić information content (AvgIpc) is 3.46. The van der Waals surface area contributed by atoms with E-state index in [-0.39, 0.29) is 4.88 Å². The topological polar surface area (TPSA) is 149 Å². The number of anilines is 1. The zero-order valence-corrected chi connectivity index (χ0v) is 19.0. The number of amides is 2. The smallest absolute Gasteiger partial charge is 0.354 e. The van der Waals surface area contributed by atoms with E-state index in [1.54, 1.807) is 0 Å². The van der Waals surface area contributed by atoms with Crippen LogP contribution in [0.4, 0.5) is 14.9 Å². The highest BCUT2D eigenvalue weighted by atomic mass is 32.2. The van der Waals surface area contributed by atoms with Gasteiger partial charge in [-0.1, -0.05) is 0 Å². The van der Waals surface area contributed by atoms with Gasteiger partial charge in [-0.15, -0.1) is 15.7 Å². The van der Waals surface area contributed by atoms with Crippen LogP contribution in [0.5, 0.6) is 0 Å². The Bertz CT molecular complexity index is 1250. The summed E-state index contributed by atoms with van der Waals surface area (Å²) in [7, 11) is -3.94. The molecule has 4 rings (SSSR count). The standard InChI is InChI=1S/C21H23FN4O4S2/c1-21(29,10-27)17-8-16(22)19(31-17)32(24,30)26-20(28)25-18-13-6-2-4-11(13)15(9-23)12-5-3-7-14(12)18/h8,27,29H,2-7,10H2,1H3,(H3,24,25,26,28,30)/t21-,32?/m1/s1. The van der Waals surface area contributed by atoms with E-state index in [0.717, 1.165) is 54.0 Å². The summed E-state index contributed by atoms with van der Waals surface area (Å²) in [4.78, 5) is 12.7. The van der Waals surface area contributed by atoms with Crippen LogP contribution in [0.2, 0.25) is 0 Å². The number of aliphatic hydroxyl groups excluding tert-OH is 1. The molecule has 0 fully saturated rings. The number of hydrogen-bond donors (Lipinski definition) is 4. The van der Waals surface area contributed by atoms with Gasteiger partial charge in [0.1, 0.15) is 5.60 Å². The summed E-state index contributed by atoms with van der Waals surface area (Å²) >= 11 is 0.596. The van der Waals surface area contributed by atoms with Crippen molar-refractivity contribution in [2.45, 2.75) is 55.3 Å². The third-order valence-electron chi connectivity index (χ3n) is 5.96. The minimum absolute atomic E-state index is 0.0176. The molecule has 32 heavy (non-hydrogen) atoms. The highest BCUT2D eigenvalue weighted by Crippen LogP contribution is 2.41. The van der Waals surface area contributed by atoms with E-state index >= 15 is 0 Å². The third kappa shape index (κ3) is 3.82. The Morgan fingerprint density at radius 3 is 2.41 bits per heavy atom. The number of benzene rings is 1. The Labute approximate surface area is 189 Å². The van der Waals surface area contributed by atoms with Gasteiger partial charge < -0.3 is 15.5 Å². The van der Waals surface area contributed by atoms with Crippen molar-refractivity contribution in [3.8, 4) is 6.07 Å². The molecule has 0 radical (unpaired) electrons. The summed E-state index contributed by atoms with van der Waals surface area (Å²) in [6.07, 6.45) is 4.68. The van der Waals surface area contributed by atoms with E-state index < -0.39 is 38.2 Å². The third-order valence-corrected chi connectivity index (χ3v) is 9.25. The monoisotopic (exact) mass is 478 g/mol. The van der Waals surface area contributed by atoms with Crippen molar-refractivity contribution < 1.29 is 23.6 Å². The van der Waals surface area contributed by atoms with Crippen molar-refractivity contribution in [1.82, 2.24) is 0 Å². The Morgan fingerprint density at radius 1 is 1.31 bits per heavy atom. The fourth-order valence-corrected chi connectivity index (χ4v) is 6.81. The molecule has 0 saturated carbocycles. The molecular formula is C21H23FN4O4S2. The maximum absolute atomic E-state index is 14.4. The first kappa shape index (κ1) is 22.8. The van der Waals surface area contributed by atoms with Crippen molar-refractivity contribution in [2.75, 3.05) is 11.9 Å². The number of aliphatic hydroxyl groups is 2. The van der Waals surface area contributed by atoms with Crippen LogP contribution >= 0.6 is 11.3 Å². The van der Waals surface area contributed by atoms with Crippen LogP contribution in [0.3, 0.4) is 0 Å². The highest BCUT2D eigenvalue weighted by Gasteiger charge is 2.31. The van der Waals surface area contributed by atoms with Crippen molar-refractivity contribution in [3.63, 3.8) is 0 Å². The summed E-state index contributed by atoms with van der Waals surface area (Å²) in [5.74, 6) is -0.970. The molecule has 0 saturated heterocycles. The highest BCUT2D eigenvalue weighted by molar-refractivity contribution is 7.93. The van der Waals surface area contributed by atoms with Crippen LogP contribution in [0.25, 0.3) is 0 Å². The van der Waals surface area contributed by atoms with Crippen molar-refractivity contribution in [2.24, 2.45) is 9.50 Å². The van der Waals surface area contributed by atoms with E-state index in [0.29, 0.717) is 35.4 Å². The maximum Gasteiger partial charge on any atom is 0.354 e. The van der Waals surface area contributed by atoms with Crippen LogP contribution < -0.4 is 10.5 Å². The molecule has 170 valence electrons. The van der Waals surface area contributed by atoms with E-state index in [1.807, 2.05) is 0 Å². The van der Waals surface area contributed by atoms with Crippen molar-refractivity contribution >= 4 is 33.0 Å². The molecule has 8 nitrogen and oxygen atoms in total. The Kier molecular flexibility index (Phi) is 5.85. The van der Waals surface area contributed by atoms with Crippen LogP contribution in [-0.2, 0) is 41.2 Å². The van der Waals surface area contributed by atoms with Gasteiger partial charge in [-0.3, -0.25) is 0 Å². The molecule has 11 heteroatoms. The summed E-state index contributed by atoms with van der Waals surface area (Å²) in [5.41, 5.74) is 3.24. The molecular weight excluding hydrogens is 455 g/mol. The number of nitrogens with zero attached hydrogens (tertiary/aromatic N) is 2. The molecule has 0 spiro atoms. The van der Waals surface area contributed by atoms with Crippen LogP contribution in [-0.4, -0.2) is 27.1 Å². The van der Waals surface area contributed by atoms with Crippen LogP contribution in [0.1, 0.15) is 52.5 Å². The molecule has 0 aliphatic heterocycles. The number of hydrogen-bond acceptors (Lipinski definition) is 6. The first-order chi connectivity index (χ1) is 15.1. The predicted molar refractivity (Wildman–Crippen MR) is 118 cm³/mol. The number of nitrogens with two attached hydrogens (primary N) is 1. The molecule has 2 aromatic rings. The Hall–Kier alpha value is -2.36. The van der Waals surface area contributed by atoms with Gasteiger partial charge in [-0.25, -0.2) is 18.5 Å². The van der Waals surface area contributed by atoms with Crippen LogP contribution in [0, 0.1) is 17.1 Å². The molecule has 2 aliphatic carbocycles. The van der Waals surface area contributed by atoms with Gasteiger partial charge in [-0.2, -0.15) is 5.26 Å². The number of nitriles is 1. The number of carbonyl (C=O) groups is 1. The SMILES string of the molecule is C[C@@](O)(CO)c1cc(F)c(S(N)(=O)=NC(=O)Nc2c3c(c(C#N)c4c2CCC4)CCC3)s1. The number of rotatable bonds is 4. The number of urea groups is 1. The lowest BCUT2D eigenvalue weighted by Gasteiger charge is -2.17. The summed E-state index contributed by atoms with van der Waals surface area (Å²) < 4.78 is 30.5. The normalized spacial score (nSPS) is 18.2. The van der Waals surface area contributed by atoms with E-state index in [4.69, 9.17) is 5.14 Å². The molecule has 2 aliphatic rings. The van der Waals surface area contributed by atoms with E-state index in [1.165, 1.54) is 6.92 Å². The summed E-state index contributed by atoms with van der Waals surface area (Å²) in [6.45, 7) is 0.598. The number of fused-ring (bicyclic) bond motifs is 2. The van der Waals surface area contributed by atoms with Gasteiger partial charge in [-0.05, 0) is 73.8 Å². The van der Waals surface area contributed by atoms with Crippen molar-refractivity contribution in [3.05, 3.63) is 44.6 Å². The fourth-order valence-electron chi connectivity index (χ4n) is 4.43. The zero-order chi connectivity index (χ0) is 23.3. The second-order valence-corrected chi connectivity index (χ2v) is 11.3. The van der Waals surface area contributed by atoms with Gasteiger partial charge >= 0.3 is 6.03 Å². The fraction of sp³-hybridized carbons (Fsp3) is 0.429. The first-order valence-electron chi connectivity index (χ1n) is 10.2. The van der Waals surface area contributed by atoms with Gasteiger partial charge in [0.05, 0.1) is 18.2 Å². The average molecular weight is 479 g/mol. The molecule has 1 heterocycles. The molecule has 1 unspecified atom stereocenters. The molecule has 2 atom stereocenters. The predicted octanol–water partition coefficient (Wildman–Crippen LogP) is 2.87.